The number of halogens is 1. The summed E-state index contributed by atoms with van der Waals surface area (Å²) in [6.07, 6.45) is 4.02. The van der Waals surface area contributed by atoms with E-state index >= 15 is 0 Å². The molecule has 0 radical (unpaired) electrons. The van der Waals surface area contributed by atoms with Crippen LogP contribution in [0.2, 0.25) is 0 Å². The third kappa shape index (κ3) is 1.53. The number of nitrogens with zero attached hydrogens (tertiary/aromatic N) is 3. The summed E-state index contributed by atoms with van der Waals surface area (Å²) >= 11 is 3.16. The zero-order valence-corrected chi connectivity index (χ0v) is 9.58. The van der Waals surface area contributed by atoms with Crippen LogP contribution < -0.4 is 0 Å². The van der Waals surface area contributed by atoms with Crippen molar-refractivity contribution in [3.63, 3.8) is 0 Å². The summed E-state index contributed by atoms with van der Waals surface area (Å²) in [5, 5.41) is 0. The van der Waals surface area contributed by atoms with Gasteiger partial charge in [0.25, 0.3) is 0 Å². The molecule has 0 aromatic carbocycles. The minimum absolute atomic E-state index is 0.343. The van der Waals surface area contributed by atoms with E-state index in [9.17, 15) is 8.42 Å². The van der Waals surface area contributed by atoms with Crippen LogP contribution in [0.15, 0.2) is 23.1 Å². The van der Waals surface area contributed by atoms with Gasteiger partial charge in [-0.05, 0) is 22.0 Å². The van der Waals surface area contributed by atoms with Crippen LogP contribution in [0.5, 0.6) is 0 Å². The molecule has 0 spiro atoms. The molecule has 0 N–H and O–H groups in total. The second kappa shape index (κ2) is 3.03. The van der Waals surface area contributed by atoms with Crippen molar-refractivity contribution in [1.29, 1.82) is 0 Å². The van der Waals surface area contributed by atoms with Crippen LogP contribution in [-0.4, -0.2) is 28.6 Å². The van der Waals surface area contributed by atoms with Crippen molar-refractivity contribution in [2.45, 2.75) is 0 Å². The Labute approximate surface area is 89.0 Å². The Morgan fingerprint density at radius 1 is 1.50 bits per heavy atom. The van der Waals surface area contributed by atoms with Gasteiger partial charge in [0.1, 0.15) is 10.1 Å². The highest BCUT2D eigenvalue weighted by Crippen LogP contribution is 2.15. The maximum atomic E-state index is 11.3. The van der Waals surface area contributed by atoms with Crippen molar-refractivity contribution < 1.29 is 8.42 Å². The summed E-state index contributed by atoms with van der Waals surface area (Å²) < 4.78 is 24.2. The Balaban J connectivity index is 2.83. The first-order valence-electron chi connectivity index (χ1n) is 3.68. The number of aromatic nitrogens is 3. The predicted molar refractivity (Wildman–Crippen MR) is 55.5 cm³/mol. The Morgan fingerprint density at radius 2 is 2.21 bits per heavy atom. The third-order valence-electron chi connectivity index (χ3n) is 1.68. The largest absolute Gasteiger partial charge is 0.237 e. The highest BCUT2D eigenvalue weighted by atomic mass is 79.9. The van der Waals surface area contributed by atoms with Crippen molar-refractivity contribution in [2.75, 3.05) is 6.26 Å². The fraction of sp³-hybridized carbons (Fsp3) is 0.143. The average molecular weight is 276 g/mol. The van der Waals surface area contributed by atoms with Gasteiger partial charge in [0, 0.05) is 6.20 Å². The van der Waals surface area contributed by atoms with Gasteiger partial charge in [0.15, 0.2) is 5.65 Å². The molecular formula is C7H6BrN3O2S. The summed E-state index contributed by atoms with van der Waals surface area (Å²) in [6.45, 7) is 0. The lowest BCUT2D eigenvalue weighted by Gasteiger charge is -1.99. The summed E-state index contributed by atoms with van der Waals surface area (Å²) in [5.74, 6) is 0. The van der Waals surface area contributed by atoms with Gasteiger partial charge in [-0.15, -0.1) is 0 Å². The maximum absolute atomic E-state index is 11.3. The second-order valence-electron chi connectivity index (χ2n) is 2.78. The topological polar surface area (TPSA) is 64.8 Å². The highest BCUT2D eigenvalue weighted by molar-refractivity contribution is 9.10. The molecule has 0 aliphatic heterocycles. The summed E-state index contributed by atoms with van der Waals surface area (Å²) in [5.41, 5.74) is 0.889. The Hall–Kier alpha value is -0.950. The van der Waals surface area contributed by atoms with E-state index in [-0.39, 0.29) is 0 Å². The van der Waals surface area contributed by atoms with Gasteiger partial charge >= 0.3 is 0 Å². The van der Waals surface area contributed by atoms with Gasteiger partial charge in [0.05, 0.1) is 12.5 Å². The normalized spacial score (nSPS) is 12.1. The maximum Gasteiger partial charge on any atom is 0.237 e. The molecule has 0 fully saturated rings. The molecule has 0 unspecified atom stereocenters. The van der Waals surface area contributed by atoms with Crippen molar-refractivity contribution in [3.05, 3.63) is 23.1 Å². The standard InChI is InChI=1S/C7H6BrN3O2S/c1-14(12,13)11-3-2-5-7(11)9-4-6(8)10-5/h2-4H,1H3. The lowest BCUT2D eigenvalue weighted by molar-refractivity contribution is 0.595. The van der Waals surface area contributed by atoms with Crippen molar-refractivity contribution in [1.82, 2.24) is 13.9 Å². The van der Waals surface area contributed by atoms with Gasteiger partial charge in [-0.3, -0.25) is 0 Å². The fourth-order valence-corrected chi connectivity index (χ4v) is 2.16. The van der Waals surface area contributed by atoms with Crippen LogP contribution in [0.1, 0.15) is 0 Å². The first-order chi connectivity index (χ1) is 6.48. The van der Waals surface area contributed by atoms with Gasteiger partial charge < -0.3 is 0 Å². The van der Waals surface area contributed by atoms with Crippen LogP contribution >= 0.6 is 15.9 Å². The number of fused-ring (bicyclic) bond motifs is 1. The van der Waals surface area contributed by atoms with E-state index in [1.54, 1.807) is 6.07 Å². The number of hydrogen-bond donors (Lipinski definition) is 0. The van der Waals surface area contributed by atoms with E-state index in [2.05, 4.69) is 25.9 Å². The van der Waals surface area contributed by atoms with E-state index in [0.29, 0.717) is 15.8 Å². The lowest BCUT2D eigenvalue weighted by atomic mass is 10.5. The molecule has 2 heterocycles. The molecule has 7 heteroatoms. The molecule has 2 aromatic rings. The first kappa shape index (κ1) is 9.60. The number of hydrogen-bond acceptors (Lipinski definition) is 4. The van der Waals surface area contributed by atoms with Crippen LogP contribution in [0.3, 0.4) is 0 Å². The molecule has 2 aromatic heterocycles. The molecule has 74 valence electrons. The molecule has 0 amide bonds. The van der Waals surface area contributed by atoms with E-state index < -0.39 is 10.0 Å². The fourth-order valence-electron chi connectivity index (χ4n) is 1.13. The van der Waals surface area contributed by atoms with E-state index in [4.69, 9.17) is 0 Å². The van der Waals surface area contributed by atoms with Gasteiger partial charge in [-0.2, -0.15) is 0 Å². The Kier molecular flexibility index (Phi) is 2.07. The minimum Gasteiger partial charge on any atom is -0.236 e. The predicted octanol–water partition coefficient (Wildman–Crippen LogP) is 1.00. The van der Waals surface area contributed by atoms with Crippen molar-refractivity contribution in [2.24, 2.45) is 0 Å². The average Bonchev–Trinajstić information content (AvgIpc) is 2.45. The third-order valence-corrected chi connectivity index (χ3v) is 3.07. The summed E-state index contributed by atoms with van der Waals surface area (Å²) in [4.78, 5) is 8.06. The van der Waals surface area contributed by atoms with Crippen LogP contribution in [0.25, 0.3) is 11.2 Å². The van der Waals surface area contributed by atoms with Crippen molar-refractivity contribution in [3.8, 4) is 0 Å². The van der Waals surface area contributed by atoms with Crippen LogP contribution in [0, 0.1) is 0 Å². The SMILES string of the molecule is CS(=O)(=O)n1ccc2nc(Br)cnc21. The number of rotatable bonds is 1. The summed E-state index contributed by atoms with van der Waals surface area (Å²) in [6, 6.07) is 1.61. The second-order valence-corrected chi connectivity index (χ2v) is 5.45. The molecule has 0 aliphatic carbocycles. The molecule has 14 heavy (non-hydrogen) atoms. The quantitative estimate of drug-likeness (QED) is 0.779. The minimum atomic E-state index is -3.30. The van der Waals surface area contributed by atoms with Crippen LogP contribution in [-0.2, 0) is 10.0 Å². The first-order valence-corrected chi connectivity index (χ1v) is 6.33. The molecule has 0 saturated carbocycles. The molecular weight excluding hydrogens is 270 g/mol. The van der Waals surface area contributed by atoms with E-state index in [1.807, 2.05) is 0 Å². The van der Waals surface area contributed by atoms with E-state index in [0.717, 1.165) is 10.2 Å². The van der Waals surface area contributed by atoms with Gasteiger partial charge in [0.2, 0.25) is 10.0 Å². The van der Waals surface area contributed by atoms with Crippen molar-refractivity contribution >= 4 is 37.1 Å². The molecule has 0 atom stereocenters. The zero-order chi connectivity index (χ0) is 10.3. The Bertz CT molecular complexity index is 590. The molecule has 0 aliphatic rings. The van der Waals surface area contributed by atoms with Crippen LogP contribution in [0.4, 0.5) is 0 Å². The lowest BCUT2D eigenvalue weighted by Crippen LogP contribution is -2.09. The summed E-state index contributed by atoms with van der Waals surface area (Å²) in [7, 11) is -3.30. The monoisotopic (exact) mass is 275 g/mol. The Morgan fingerprint density at radius 3 is 2.86 bits per heavy atom. The van der Waals surface area contributed by atoms with Gasteiger partial charge in [-0.25, -0.2) is 22.4 Å². The zero-order valence-electron chi connectivity index (χ0n) is 7.18. The molecule has 0 bridgehead atoms. The molecule has 5 nitrogen and oxygen atoms in total. The highest BCUT2D eigenvalue weighted by Gasteiger charge is 2.11. The van der Waals surface area contributed by atoms with Gasteiger partial charge in [-0.1, -0.05) is 0 Å². The smallest absolute Gasteiger partial charge is 0.236 e. The van der Waals surface area contributed by atoms with E-state index in [1.165, 1.54) is 12.4 Å². The molecule has 2 rings (SSSR count). The molecule has 0 saturated heterocycles.